The summed E-state index contributed by atoms with van der Waals surface area (Å²) in [6.45, 7) is 3.75. The highest BCUT2D eigenvalue weighted by Gasteiger charge is 2.33. The first kappa shape index (κ1) is 17.4. The molecule has 1 fully saturated rings. The van der Waals surface area contributed by atoms with Crippen LogP contribution in [0.2, 0.25) is 5.02 Å². The van der Waals surface area contributed by atoms with Crippen LogP contribution < -0.4 is 5.32 Å². The topological polar surface area (TPSA) is 45.2 Å². The molecule has 0 aliphatic carbocycles. The number of thiazole rings is 1. The van der Waals surface area contributed by atoms with Crippen molar-refractivity contribution in [1.82, 2.24) is 15.2 Å². The van der Waals surface area contributed by atoms with Crippen molar-refractivity contribution in [3.05, 3.63) is 40.4 Å². The molecule has 0 saturated carbocycles. The lowest BCUT2D eigenvalue weighted by Gasteiger charge is -2.19. The number of carbonyl (C=O) groups is 1. The molecule has 0 spiro atoms. The van der Waals surface area contributed by atoms with E-state index in [9.17, 15) is 4.79 Å². The molecule has 2 aromatic rings. The standard InChI is InChI=1S/C18H22ClN3OS/c1-12-16(8-10-22(12)2)17(23)20-9-7-15-11-24-18(21-15)13-3-5-14(19)6-4-13/h3-6,11-12,16H,7-10H2,1-2H3,(H,20,23). The van der Waals surface area contributed by atoms with E-state index < -0.39 is 0 Å². The predicted molar refractivity (Wildman–Crippen MR) is 99.5 cm³/mol. The molecule has 1 amide bonds. The van der Waals surface area contributed by atoms with Crippen LogP contribution >= 0.6 is 22.9 Å². The number of halogens is 1. The zero-order valence-corrected chi connectivity index (χ0v) is 15.5. The van der Waals surface area contributed by atoms with Gasteiger partial charge in [0.25, 0.3) is 0 Å². The van der Waals surface area contributed by atoms with Crippen LogP contribution in [0.15, 0.2) is 29.6 Å². The number of nitrogens with zero attached hydrogens (tertiary/aromatic N) is 2. The van der Waals surface area contributed by atoms with Crippen molar-refractivity contribution in [2.24, 2.45) is 5.92 Å². The average molecular weight is 364 g/mol. The van der Waals surface area contributed by atoms with Crippen molar-refractivity contribution in [2.45, 2.75) is 25.8 Å². The highest BCUT2D eigenvalue weighted by Crippen LogP contribution is 2.25. The molecule has 2 atom stereocenters. The molecule has 128 valence electrons. The van der Waals surface area contributed by atoms with Crippen LogP contribution in [0.1, 0.15) is 19.0 Å². The predicted octanol–water partition coefficient (Wildman–Crippen LogP) is 3.46. The van der Waals surface area contributed by atoms with Crippen LogP contribution in [-0.2, 0) is 11.2 Å². The third-order valence-corrected chi connectivity index (χ3v) is 5.92. The molecule has 6 heteroatoms. The Balaban J connectivity index is 1.51. The van der Waals surface area contributed by atoms with Gasteiger partial charge >= 0.3 is 0 Å². The number of benzene rings is 1. The van der Waals surface area contributed by atoms with E-state index in [1.165, 1.54) is 0 Å². The summed E-state index contributed by atoms with van der Waals surface area (Å²) in [5.74, 6) is 0.273. The summed E-state index contributed by atoms with van der Waals surface area (Å²) in [4.78, 5) is 19.2. The molecule has 1 saturated heterocycles. The molecule has 1 aromatic carbocycles. The summed E-state index contributed by atoms with van der Waals surface area (Å²) in [6.07, 6.45) is 1.70. The molecule has 1 N–H and O–H groups in total. The zero-order chi connectivity index (χ0) is 17.1. The Bertz CT molecular complexity index is 701. The van der Waals surface area contributed by atoms with Crippen LogP contribution in [0.4, 0.5) is 0 Å². The average Bonchev–Trinajstić information content (AvgIpc) is 3.16. The van der Waals surface area contributed by atoms with E-state index in [1.807, 2.05) is 24.3 Å². The molecule has 1 aliphatic heterocycles. The van der Waals surface area contributed by atoms with Crippen LogP contribution in [-0.4, -0.2) is 42.0 Å². The van der Waals surface area contributed by atoms with Gasteiger partial charge in [0.15, 0.2) is 0 Å². The van der Waals surface area contributed by atoms with E-state index in [4.69, 9.17) is 11.6 Å². The maximum absolute atomic E-state index is 12.3. The van der Waals surface area contributed by atoms with Crippen LogP contribution in [0.5, 0.6) is 0 Å². The molecule has 4 nitrogen and oxygen atoms in total. The fourth-order valence-electron chi connectivity index (χ4n) is 3.04. The molecule has 1 aliphatic rings. The Hall–Kier alpha value is -1.43. The summed E-state index contributed by atoms with van der Waals surface area (Å²) < 4.78 is 0. The largest absolute Gasteiger partial charge is 0.355 e. The van der Waals surface area contributed by atoms with Gasteiger partial charge in [-0.15, -0.1) is 11.3 Å². The summed E-state index contributed by atoms with van der Waals surface area (Å²) >= 11 is 7.54. The second-order valence-corrected chi connectivity index (χ2v) is 7.60. The van der Waals surface area contributed by atoms with Gasteiger partial charge in [-0.1, -0.05) is 23.7 Å². The smallest absolute Gasteiger partial charge is 0.224 e. The number of hydrogen-bond acceptors (Lipinski definition) is 4. The number of aromatic nitrogens is 1. The molecule has 0 radical (unpaired) electrons. The van der Waals surface area contributed by atoms with E-state index in [0.29, 0.717) is 12.6 Å². The fraction of sp³-hybridized carbons (Fsp3) is 0.444. The molecular formula is C18H22ClN3OS. The van der Waals surface area contributed by atoms with E-state index in [1.54, 1.807) is 11.3 Å². The quantitative estimate of drug-likeness (QED) is 0.884. The lowest BCUT2D eigenvalue weighted by atomic mass is 10.0. The minimum absolute atomic E-state index is 0.107. The summed E-state index contributed by atoms with van der Waals surface area (Å²) in [7, 11) is 2.07. The second-order valence-electron chi connectivity index (χ2n) is 6.31. The number of hydrogen-bond donors (Lipinski definition) is 1. The number of rotatable bonds is 5. The summed E-state index contributed by atoms with van der Waals surface area (Å²) in [5, 5.41) is 6.83. The third kappa shape index (κ3) is 3.97. The van der Waals surface area contributed by atoms with Crippen molar-refractivity contribution < 1.29 is 4.79 Å². The van der Waals surface area contributed by atoms with Gasteiger partial charge in [-0.05, 0) is 39.1 Å². The van der Waals surface area contributed by atoms with Gasteiger partial charge in [0.2, 0.25) is 5.91 Å². The number of nitrogens with one attached hydrogen (secondary N) is 1. The molecule has 0 bridgehead atoms. The van der Waals surface area contributed by atoms with Gasteiger partial charge in [-0.3, -0.25) is 4.79 Å². The van der Waals surface area contributed by atoms with E-state index in [0.717, 1.165) is 40.7 Å². The van der Waals surface area contributed by atoms with Crippen LogP contribution in [0.3, 0.4) is 0 Å². The van der Waals surface area contributed by atoms with Crippen LogP contribution in [0.25, 0.3) is 10.6 Å². The van der Waals surface area contributed by atoms with Crippen molar-refractivity contribution in [2.75, 3.05) is 20.1 Å². The molecule has 2 heterocycles. The Kier molecular flexibility index (Phi) is 5.54. The maximum atomic E-state index is 12.3. The zero-order valence-electron chi connectivity index (χ0n) is 14.0. The highest BCUT2D eigenvalue weighted by molar-refractivity contribution is 7.13. The lowest BCUT2D eigenvalue weighted by Crippen LogP contribution is -2.38. The monoisotopic (exact) mass is 363 g/mol. The van der Waals surface area contributed by atoms with Gasteiger partial charge in [0.1, 0.15) is 5.01 Å². The number of carbonyl (C=O) groups excluding carboxylic acids is 1. The van der Waals surface area contributed by atoms with E-state index in [-0.39, 0.29) is 11.8 Å². The third-order valence-electron chi connectivity index (χ3n) is 4.73. The SMILES string of the molecule is CC1C(C(=O)NCCc2csc(-c3ccc(Cl)cc3)n2)CCN1C. The van der Waals surface area contributed by atoms with Gasteiger partial charge in [-0.2, -0.15) is 0 Å². The van der Waals surface area contributed by atoms with Gasteiger partial charge in [0.05, 0.1) is 11.6 Å². The lowest BCUT2D eigenvalue weighted by molar-refractivity contribution is -0.125. The first-order valence-electron chi connectivity index (χ1n) is 8.23. The van der Waals surface area contributed by atoms with Crippen molar-refractivity contribution >= 4 is 28.8 Å². The summed E-state index contributed by atoms with van der Waals surface area (Å²) in [5.41, 5.74) is 2.09. The molecule has 3 rings (SSSR count). The molecule has 24 heavy (non-hydrogen) atoms. The van der Waals surface area contributed by atoms with Crippen LogP contribution in [0, 0.1) is 5.92 Å². The van der Waals surface area contributed by atoms with Gasteiger partial charge < -0.3 is 10.2 Å². The Morgan fingerprint density at radius 3 is 2.83 bits per heavy atom. The van der Waals surface area contributed by atoms with E-state index >= 15 is 0 Å². The molecular weight excluding hydrogens is 342 g/mol. The normalized spacial score (nSPS) is 21.1. The fourth-order valence-corrected chi connectivity index (χ4v) is 4.02. The maximum Gasteiger partial charge on any atom is 0.224 e. The van der Waals surface area contributed by atoms with Crippen molar-refractivity contribution in [3.63, 3.8) is 0 Å². The number of amides is 1. The van der Waals surface area contributed by atoms with Crippen molar-refractivity contribution in [1.29, 1.82) is 0 Å². The van der Waals surface area contributed by atoms with E-state index in [2.05, 4.69) is 34.6 Å². The Morgan fingerprint density at radius 1 is 1.42 bits per heavy atom. The Labute approximate surface area is 151 Å². The molecule has 1 aromatic heterocycles. The molecule has 2 unspecified atom stereocenters. The first-order valence-corrected chi connectivity index (χ1v) is 9.48. The minimum atomic E-state index is 0.107. The highest BCUT2D eigenvalue weighted by atomic mass is 35.5. The Morgan fingerprint density at radius 2 is 2.17 bits per heavy atom. The van der Waals surface area contributed by atoms with Gasteiger partial charge in [0, 0.05) is 35.0 Å². The summed E-state index contributed by atoms with van der Waals surface area (Å²) in [6, 6.07) is 8.02. The minimum Gasteiger partial charge on any atom is -0.355 e. The number of likely N-dealkylation sites (tertiary alicyclic amines) is 1. The first-order chi connectivity index (χ1) is 11.5. The van der Waals surface area contributed by atoms with Crippen molar-refractivity contribution in [3.8, 4) is 10.6 Å². The van der Waals surface area contributed by atoms with Gasteiger partial charge in [-0.25, -0.2) is 4.98 Å². The second kappa shape index (κ2) is 7.64.